The van der Waals surface area contributed by atoms with Gasteiger partial charge in [0.1, 0.15) is 6.20 Å². The predicted molar refractivity (Wildman–Crippen MR) is 71.3 cm³/mol. The van der Waals surface area contributed by atoms with Gasteiger partial charge in [-0.2, -0.15) is 0 Å². The minimum Gasteiger partial charge on any atom is -0.358 e. The van der Waals surface area contributed by atoms with Crippen LogP contribution in [0.1, 0.15) is 11.4 Å². The van der Waals surface area contributed by atoms with Crippen LogP contribution in [0.15, 0.2) is 36.5 Å². The molecule has 0 unspecified atom stereocenters. The first-order valence-corrected chi connectivity index (χ1v) is 6.60. The largest absolute Gasteiger partial charge is 0.358 e. The fourth-order valence-electron chi connectivity index (χ4n) is 1.58. The summed E-state index contributed by atoms with van der Waals surface area (Å²) in [4.78, 5) is 14.3. The van der Waals surface area contributed by atoms with Crippen molar-refractivity contribution < 1.29 is 4.92 Å². The van der Waals surface area contributed by atoms with Gasteiger partial charge < -0.3 is 10.1 Å². The van der Waals surface area contributed by atoms with Crippen LogP contribution >= 0.6 is 11.8 Å². The van der Waals surface area contributed by atoms with Crippen LogP contribution in [0.3, 0.4) is 0 Å². The Morgan fingerprint density at radius 1 is 1.33 bits per heavy atom. The van der Waals surface area contributed by atoms with E-state index < -0.39 is 4.92 Å². The first-order chi connectivity index (χ1) is 8.68. The number of hydrogen-bond donors (Lipinski definition) is 0. The quantitative estimate of drug-likeness (QED) is 0.614. The van der Waals surface area contributed by atoms with Gasteiger partial charge in [-0.1, -0.05) is 30.3 Å². The predicted octanol–water partition coefficient (Wildman–Crippen LogP) is 2.76. The van der Waals surface area contributed by atoms with E-state index in [2.05, 4.69) is 17.1 Å². The summed E-state index contributed by atoms with van der Waals surface area (Å²) >= 11 is 1.69. The molecule has 0 spiro atoms. The van der Waals surface area contributed by atoms with E-state index in [-0.39, 0.29) is 5.82 Å². The summed E-state index contributed by atoms with van der Waals surface area (Å²) in [7, 11) is 1.67. The molecule has 5 nitrogen and oxygen atoms in total. The van der Waals surface area contributed by atoms with E-state index in [1.807, 2.05) is 18.2 Å². The van der Waals surface area contributed by atoms with Gasteiger partial charge in [0.15, 0.2) is 0 Å². The fraction of sp³-hybridized carbons (Fsp3) is 0.250. The third-order valence-electron chi connectivity index (χ3n) is 2.59. The lowest BCUT2D eigenvalue weighted by molar-refractivity contribution is -0.391. The number of nitro groups is 1. The Hall–Kier alpha value is -1.82. The van der Waals surface area contributed by atoms with Crippen LogP contribution in [0.2, 0.25) is 0 Å². The van der Waals surface area contributed by atoms with E-state index in [4.69, 9.17) is 0 Å². The number of hydrogen-bond acceptors (Lipinski definition) is 4. The molecule has 2 rings (SSSR count). The summed E-state index contributed by atoms with van der Waals surface area (Å²) in [5.41, 5.74) is 1.24. The highest BCUT2D eigenvalue weighted by atomic mass is 32.2. The monoisotopic (exact) mass is 263 g/mol. The van der Waals surface area contributed by atoms with Crippen LogP contribution in [-0.2, 0) is 18.6 Å². The van der Waals surface area contributed by atoms with Gasteiger partial charge in [0.05, 0.1) is 12.8 Å². The zero-order valence-electron chi connectivity index (χ0n) is 9.94. The first-order valence-electron chi connectivity index (χ1n) is 5.45. The average Bonchev–Trinajstić information content (AvgIpc) is 2.73. The van der Waals surface area contributed by atoms with Crippen molar-refractivity contribution in [2.45, 2.75) is 11.5 Å². The lowest BCUT2D eigenvalue weighted by atomic mass is 10.2. The molecule has 0 aliphatic rings. The van der Waals surface area contributed by atoms with Crippen LogP contribution in [0.4, 0.5) is 5.82 Å². The minimum absolute atomic E-state index is 0.0327. The zero-order chi connectivity index (χ0) is 13.0. The summed E-state index contributed by atoms with van der Waals surface area (Å²) in [6.07, 6.45) is 1.30. The lowest BCUT2D eigenvalue weighted by Gasteiger charge is -2.00. The normalized spacial score (nSPS) is 10.5. The number of nitrogens with zero attached hydrogens (tertiary/aromatic N) is 3. The zero-order valence-corrected chi connectivity index (χ0v) is 10.8. The van der Waals surface area contributed by atoms with E-state index in [1.165, 1.54) is 16.3 Å². The Bertz CT molecular complexity index is 540. The van der Waals surface area contributed by atoms with Gasteiger partial charge in [-0.15, -0.1) is 11.8 Å². The Balaban J connectivity index is 1.93. The molecule has 0 N–H and O–H groups in total. The van der Waals surface area contributed by atoms with Gasteiger partial charge in [-0.3, -0.25) is 0 Å². The van der Waals surface area contributed by atoms with Gasteiger partial charge in [0.2, 0.25) is 5.82 Å². The Morgan fingerprint density at radius 3 is 2.67 bits per heavy atom. The second-order valence-corrected chi connectivity index (χ2v) is 4.81. The average molecular weight is 263 g/mol. The molecule has 94 valence electrons. The molecular weight excluding hydrogens is 250 g/mol. The van der Waals surface area contributed by atoms with Crippen molar-refractivity contribution in [2.75, 3.05) is 0 Å². The van der Waals surface area contributed by atoms with Crippen LogP contribution in [0.25, 0.3) is 0 Å². The van der Waals surface area contributed by atoms with Crippen LogP contribution in [-0.4, -0.2) is 14.5 Å². The second-order valence-electron chi connectivity index (χ2n) is 3.83. The molecule has 0 bridgehead atoms. The van der Waals surface area contributed by atoms with Gasteiger partial charge in [0, 0.05) is 5.75 Å². The fourth-order valence-corrected chi connectivity index (χ4v) is 2.56. The molecular formula is C12H13N3O2S. The Morgan fingerprint density at radius 2 is 2.06 bits per heavy atom. The van der Waals surface area contributed by atoms with Crippen molar-refractivity contribution in [3.63, 3.8) is 0 Å². The molecule has 0 saturated carbocycles. The Kier molecular flexibility index (Phi) is 3.99. The van der Waals surface area contributed by atoms with Crippen LogP contribution in [0.5, 0.6) is 0 Å². The van der Waals surface area contributed by atoms with Gasteiger partial charge in [-0.25, -0.2) is 9.55 Å². The Labute approximate surface area is 109 Å². The molecule has 0 amide bonds. The maximum absolute atomic E-state index is 10.7. The van der Waals surface area contributed by atoms with E-state index in [1.54, 1.807) is 18.8 Å². The van der Waals surface area contributed by atoms with Crippen LogP contribution < -0.4 is 0 Å². The standard InChI is InChI=1S/C12H13N3O2S/c1-14-11(13-7-12(14)15(16)17)9-18-8-10-5-3-2-4-6-10/h2-7H,8-9H2,1H3. The highest BCUT2D eigenvalue weighted by Crippen LogP contribution is 2.19. The van der Waals surface area contributed by atoms with Gasteiger partial charge >= 0.3 is 5.82 Å². The number of benzene rings is 1. The minimum atomic E-state index is -0.418. The number of thioether (sulfide) groups is 1. The summed E-state index contributed by atoms with van der Waals surface area (Å²) in [6, 6.07) is 10.1. The van der Waals surface area contributed by atoms with Gasteiger partial charge in [-0.05, 0) is 10.5 Å². The van der Waals surface area contributed by atoms with E-state index >= 15 is 0 Å². The van der Waals surface area contributed by atoms with Crippen molar-refractivity contribution in [2.24, 2.45) is 7.05 Å². The van der Waals surface area contributed by atoms with Crippen molar-refractivity contribution in [1.29, 1.82) is 0 Å². The maximum atomic E-state index is 10.7. The van der Waals surface area contributed by atoms with Crippen molar-refractivity contribution in [3.8, 4) is 0 Å². The molecule has 0 fully saturated rings. The second kappa shape index (κ2) is 5.68. The maximum Gasteiger partial charge on any atom is 0.342 e. The third kappa shape index (κ3) is 2.89. The molecule has 1 aromatic heterocycles. The number of imidazole rings is 1. The lowest BCUT2D eigenvalue weighted by Crippen LogP contribution is -2.01. The van der Waals surface area contributed by atoms with E-state index in [9.17, 15) is 10.1 Å². The highest BCUT2D eigenvalue weighted by Gasteiger charge is 2.15. The summed E-state index contributed by atoms with van der Waals surface area (Å²) in [6.45, 7) is 0. The highest BCUT2D eigenvalue weighted by molar-refractivity contribution is 7.97. The van der Waals surface area contributed by atoms with Crippen molar-refractivity contribution in [1.82, 2.24) is 9.55 Å². The summed E-state index contributed by atoms with van der Waals surface area (Å²) < 4.78 is 1.53. The van der Waals surface area contributed by atoms with Crippen molar-refractivity contribution >= 4 is 17.6 Å². The molecule has 0 atom stereocenters. The van der Waals surface area contributed by atoms with Gasteiger partial charge in [0.25, 0.3) is 0 Å². The van der Waals surface area contributed by atoms with Crippen molar-refractivity contribution in [3.05, 3.63) is 58.0 Å². The molecule has 0 saturated heterocycles. The van der Waals surface area contributed by atoms with Crippen LogP contribution in [0, 0.1) is 10.1 Å². The molecule has 1 heterocycles. The molecule has 0 aliphatic carbocycles. The molecule has 0 radical (unpaired) electrons. The third-order valence-corrected chi connectivity index (χ3v) is 3.59. The molecule has 6 heteroatoms. The molecule has 18 heavy (non-hydrogen) atoms. The smallest absolute Gasteiger partial charge is 0.342 e. The summed E-state index contributed by atoms with van der Waals surface area (Å²) in [5, 5.41) is 10.7. The molecule has 1 aromatic carbocycles. The number of rotatable bonds is 5. The summed E-state index contributed by atoms with van der Waals surface area (Å²) in [5.74, 6) is 2.30. The SMILES string of the molecule is Cn1c([N+](=O)[O-])cnc1CSCc1ccccc1. The molecule has 2 aromatic rings. The van der Waals surface area contributed by atoms with E-state index in [0.717, 1.165) is 11.6 Å². The molecule has 0 aliphatic heterocycles. The number of aromatic nitrogens is 2. The van der Waals surface area contributed by atoms with E-state index in [0.29, 0.717) is 5.75 Å². The topological polar surface area (TPSA) is 61.0 Å². The first kappa shape index (κ1) is 12.6.